The van der Waals surface area contributed by atoms with E-state index in [-0.39, 0.29) is 5.91 Å². The number of sulfone groups is 1. The molecule has 0 radical (unpaired) electrons. The van der Waals surface area contributed by atoms with E-state index in [1.54, 1.807) is 17.8 Å². The van der Waals surface area contributed by atoms with Gasteiger partial charge in [-0.2, -0.15) is 11.8 Å². The predicted molar refractivity (Wildman–Crippen MR) is 89.4 cm³/mol. The molecule has 1 unspecified atom stereocenters. The quantitative estimate of drug-likeness (QED) is 0.785. The molecule has 21 heavy (non-hydrogen) atoms. The fraction of sp³-hybridized carbons (Fsp3) is 0.615. The van der Waals surface area contributed by atoms with Crippen molar-refractivity contribution < 1.29 is 13.2 Å². The van der Waals surface area contributed by atoms with Crippen molar-refractivity contribution in [2.75, 3.05) is 24.3 Å². The van der Waals surface area contributed by atoms with E-state index in [9.17, 15) is 13.2 Å². The molecular formula is C13H19BrN2O3S2. The van der Waals surface area contributed by atoms with Gasteiger partial charge in [0.1, 0.15) is 11.1 Å². The average molecular weight is 395 g/mol. The van der Waals surface area contributed by atoms with E-state index in [2.05, 4.69) is 15.9 Å². The number of hydrogen-bond acceptors (Lipinski definition) is 4. The van der Waals surface area contributed by atoms with Gasteiger partial charge in [-0.3, -0.25) is 4.79 Å². The molecule has 0 spiro atoms. The van der Waals surface area contributed by atoms with E-state index in [1.165, 1.54) is 11.2 Å². The SMILES string of the molecule is CCCn1cc(Br)cc1C(=O)N1CCSCC1S(C)(=O)=O. The second-order valence-corrected chi connectivity index (χ2v) is 9.36. The van der Waals surface area contributed by atoms with E-state index in [0.717, 1.165) is 23.2 Å². The fourth-order valence-electron chi connectivity index (χ4n) is 2.39. The fourth-order valence-corrected chi connectivity index (χ4v) is 5.67. The van der Waals surface area contributed by atoms with Crippen LogP contribution in [0.3, 0.4) is 0 Å². The van der Waals surface area contributed by atoms with Crippen LogP contribution in [-0.2, 0) is 16.4 Å². The zero-order valence-corrected chi connectivity index (χ0v) is 15.3. The summed E-state index contributed by atoms with van der Waals surface area (Å²) in [5.74, 6) is 1.01. The Hall–Kier alpha value is -0.470. The number of halogens is 1. The van der Waals surface area contributed by atoms with Crippen LogP contribution >= 0.6 is 27.7 Å². The highest BCUT2D eigenvalue weighted by Crippen LogP contribution is 2.24. The van der Waals surface area contributed by atoms with Gasteiger partial charge < -0.3 is 9.47 Å². The van der Waals surface area contributed by atoms with Gasteiger partial charge in [0.2, 0.25) is 0 Å². The molecular weight excluding hydrogens is 376 g/mol. The Kier molecular flexibility index (Phi) is 5.43. The number of aromatic nitrogens is 1. The summed E-state index contributed by atoms with van der Waals surface area (Å²) in [5, 5.41) is -0.729. The van der Waals surface area contributed by atoms with Crippen molar-refractivity contribution in [1.82, 2.24) is 9.47 Å². The number of rotatable bonds is 4. The summed E-state index contributed by atoms with van der Waals surface area (Å²) in [4.78, 5) is 14.3. The minimum Gasteiger partial charge on any atom is -0.342 e. The largest absolute Gasteiger partial charge is 0.342 e. The third-order valence-electron chi connectivity index (χ3n) is 3.39. The maximum atomic E-state index is 12.8. The molecule has 1 amide bonds. The molecule has 118 valence electrons. The van der Waals surface area contributed by atoms with Crippen LogP contribution in [0.1, 0.15) is 23.8 Å². The molecule has 0 N–H and O–H groups in total. The van der Waals surface area contributed by atoms with Gasteiger partial charge in [-0.15, -0.1) is 0 Å². The van der Waals surface area contributed by atoms with Gasteiger partial charge in [0.05, 0.1) is 0 Å². The van der Waals surface area contributed by atoms with Gasteiger partial charge in [0.25, 0.3) is 5.91 Å². The molecule has 8 heteroatoms. The molecule has 1 aliphatic heterocycles. The van der Waals surface area contributed by atoms with Crippen molar-refractivity contribution in [3.05, 3.63) is 22.4 Å². The number of aryl methyl sites for hydroxylation is 1. The van der Waals surface area contributed by atoms with Crippen LogP contribution in [0.5, 0.6) is 0 Å². The number of hydrogen-bond donors (Lipinski definition) is 0. The third kappa shape index (κ3) is 3.84. The number of amides is 1. The zero-order chi connectivity index (χ0) is 15.6. The van der Waals surface area contributed by atoms with Gasteiger partial charge in [-0.1, -0.05) is 6.92 Å². The average Bonchev–Trinajstić information content (AvgIpc) is 2.78. The van der Waals surface area contributed by atoms with Gasteiger partial charge in [-0.25, -0.2) is 8.42 Å². The second-order valence-electron chi connectivity index (χ2n) is 5.09. The van der Waals surface area contributed by atoms with Crippen LogP contribution in [-0.4, -0.2) is 53.5 Å². The van der Waals surface area contributed by atoms with Crippen molar-refractivity contribution in [3.63, 3.8) is 0 Å². The van der Waals surface area contributed by atoms with E-state index < -0.39 is 15.2 Å². The summed E-state index contributed by atoms with van der Waals surface area (Å²) in [5.41, 5.74) is 0.546. The Morgan fingerprint density at radius 3 is 2.86 bits per heavy atom. The van der Waals surface area contributed by atoms with Crippen LogP contribution in [0.25, 0.3) is 0 Å². The smallest absolute Gasteiger partial charge is 0.271 e. The van der Waals surface area contributed by atoms with E-state index >= 15 is 0 Å². The molecule has 0 aliphatic carbocycles. The second kappa shape index (κ2) is 6.75. The molecule has 0 saturated carbocycles. The molecule has 0 bridgehead atoms. The van der Waals surface area contributed by atoms with Crippen molar-refractivity contribution in [2.24, 2.45) is 0 Å². The van der Waals surface area contributed by atoms with Gasteiger partial charge in [0, 0.05) is 41.5 Å². The predicted octanol–water partition coefficient (Wildman–Crippen LogP) is 2.22. The Morgan fingerprint density at radius 1 is 1.52 bits per heavy atom. The molecule has 1 aromatic rings. The van der Waals surface area contributed by atoms with E-state index in [1.807, 2.05) is 17.7 Å². The molecule has 1 aromatic heterocycles. The number of carbonyl (C=O) groups is 1. The first-order chi connectivity index (χ1) is 9.84. The van der Waals surface area contributed by atoms with Gasteiger partial charge in [-0.05, 0) is 28.4 Å². The summed E-state index contributed by atoms with van der Waals surface area (Å²) in [6, 6.07) is 1.76. The molecule has 1 saturated heterocycles. The standard InChI is InChI=1S/C13H19BrN2O3S2/c1-3-4-15-8-10(14)7-11(15)13(17)16-5-6-20-9-12(16)21(2,18)19/h7-8,12H,3-6,9H2,1-2H3. The van der Waals surface area contributed by atoms with E-state index in [4.69, 9.17) is 0 Å². The highest BCUT2D eigenvalue weighted by molar-refractivity contribution is 9.10. The molecule has 1 atom stereocenters. The number of thioether (sulfide) groups is 1. The van der Waals surface area contributed by atoms with Crippen molar-refractivity contribution in [2.45, 2.75) is 25.3 Å². The Labute approximate surface area is 138 Å². The third-order valence-corrected chi connectivity index (χ3v) is 6.46. The van der Waals surface area contributed by atoms with Crippen LogP contribution in [0, 0.1) is 0 Å². The first kappa shape index (κ1) is 16.9. The summed E-state index contributed by atoms with van der Waals surface area (Å²) in [6.45, 7) is 3.24. The lowest BCUT2D eigenvalue weighted by molar-refractivity contribution is 0.0738. The van der Waals surface area contributed by atoms with E-state index in [0.29, 0.717) is 18.0 Å². The Bertz CT molecular complexity index is 627. The normalized spacial score (nSPS) is 19.8. The number of nitrogens with zero attached hydrogens (tertiary/aromatic N) is 2. The molecule has 2 rings (SSSR count). The molecule has 1 fully saturated rings. The lowest BCUT2D eigenvalue weighted by Crippen LogP contribution is -2.50. The van der Waals surface area contributed by atoms with Crippen LogP contribution in [0.4, 0.5) is 0 Å². The lowest BCUT2D eigenvalue weighted by Gasteiger charge is -2.34. The maximum absolute atomic E-state index is 12.8. The monoisotopic (exact) mass is 394 g/mol. The summed E-state index contributed by atoms with van der Waals surface area (Å²) >= 11 is 4.96. The minimum atomic E-state index is -3.28. The Balaban J connectivity index is 2.33. The maximum Gasteiger partial charge on any atom is 0.271 e. The molecule has 1 aliphatic rings. The molecule has 2 heterocycles. The summed E-state index contributed by atoms with van der Waals surface area (Å²) in [6.07, 6.45) is 3.97. The minimum absolute atomic E-state index is 0.204. The van der Waals surface area contributed by atoms with Crippen molar-refractivity contribution in [3.8, 4) is 0 Å². The van der Waals surface area contributed by atoms with Crippen molar-refractivity contribution >= 4 is 43.4 Å². The summed E-state index contributed by atoms with van der Waals surface area (Å²) in [7, 11) is -3.28. The van der Waals surface area contributed by atoms with Crippen molar-refractivity contribution in [1.29, 1.82) is 0 Å². The first-order valence-corrected chi connectivity index (χ1v) is 10.7. The number of carbonyl (C=O) groups excluding carboxylic acids is 1. The first-order valence-electron chi connectivity index (χ1n) is 6.78. The van der Waals surface area contributed by atoms with Gasteiger partial charge >= 0.3 is 0 Å². The van der Waals surface area contributed by atoms with Crippen LogP contribution in [0.15, 0.2) is 16.7 Å². The Morgan fingerprint density at radius 2 is 2.24 bits per heavy atom. The zero-order valence-electron chi connectivity index (χ0n) is 12.1. The summed E-state index contributed by atoms with van der Waals surface area (Å²) < 4.78 is 26.6. The highest BCUT2D eigenvalue weighted by atomic mass is 79.9. The van der Waals surface area contributed by atoms with Crippen LogP contribution in [0.2, 0.25) is 0 Å². The topological polar surface area (TPSA) is 59.4 Å². The van der Waals surface area contributed by atoms with Crippen LogP contribution < -0.4 is 0 Å². The lowest BCUT2D eigenvalue weighted by atomic mass is 10.3. The highest BCUT2D eigenvalue weighted by Gasteiger charge is 2.35. The van der Waals surface area contributed by atoms with Gasteiger partial charge in [0.15, 0.2) is 9.84 Å². The molecule has 0 aromatic carbocycles. The molecule has 5 nitrogen and oxygen atoms in total.